The SMILES string of the molecule is CN(c1cccc([C@H]2CCN(C3CCC(c4ccnc(N5[C@@H]6CC[C@H]5CN(c5cc(-c7ccccc7O)nnc5N)C6)n4)CC3)CC2(F)F)c1)[C@@H]1CCC(=O)NC1=O. The van der Waals surface area contributed by atoms with Gasteiger partial charge in [-0.3, -0.25) is 19.8 Å². The van der Waals surface area contributed by atoms with Crippen LogP contribution < -0.4 is 25.8 Å². The van der Waals surface area contributed by atoms with E-state index in [1.54, 1.807) is 42.3 Å². The molecule has 15 heteroatoms. The number of piperazine rings is 1. The Labute approximate surface area is 336 Å². The quantitative estimate of drug-likeness (QED) is 0.194. The van der Waals surface area contributed by atoms with E-state index >= 15 is 8.78 Å². The summed E-state index contributed by atoms with van der Waals surface area (Å²) in [6.07, 6.45) is 8.33. The van der Waals surface area contributed by atoms with Crippen LogP contribution in [0.15, 0.2) is 66.9 Å². The third-order valence-electron chi connectivity index (χ3n) is 13.3. The number of aromatic hydroxyl groups is 1. The molecule has 0 radical (unpaired) electrons. The van der Waals surface area contributed by atoms with Crippen molar-refractivity contribution in [2.75, 3.05) is 53.7 Å². The van der Waals surface area contributed by atoms with Gasteiger partial charge in [-0.15, -0.1) is 10.2 Å². The first-order valence-corrected chi connectivity index (χ1v) is 20.6. The predicted octanol–water partition coefficient (Wildman–Crippen LogP) is 5.47. The lowest BCUT2D eigenvalue weighted by Gasteiger charge is -2.44. The Morgan fingerprint density at radius 1 is 0.897 bits per heavy atom. The van der Waals surface area contributed by atoms with E-state index in [0.717, 1.165) is 68.9 Å². The van der Waals surface area contributed by atoms with E-state index in [9.17, 15) is 14.7 Å². The van der Waals surface area contributed by atoms with Crippen molar-refractivity contribution < 1.29 is 23.5 Å². The summed E-state index contributed by atoms with van der Waals surface area (Å²) in [6, 6.07) is 18.1. The monoisotopic (exact) mass is 792 g/mol. The van der Waals surface area contributed by atoms with Crippen LogP contribution in [0.3, 0.4) is 0 Å². The molecular weight excluding hydrogens is 743 g/mol. The number of aromatic nitrogens is 4. The molecule has 9 rings (SSSR count). The lowest BCUT2D eigenvalue weighted by molar-refractivity contribution is -0.134. The van der Waals surface area contributed by atoms with Gasteiger partial charge in [-0.05, 0) is 99.9 Å². The van der Waals surface area contributed by atoms with Crippen molar-refractivity contribution in [3.8, 4) is 17.0 Å². The first-order chi connectivity index (χ1) is 28.0. The zero-order valence-corrected chi connectivity index (χ0v) is 32.7. The normalized spacial score (nSPS) is 27.4. The van der Waals surface area contributed by atoms with E-state index < -0.39 is 17.9 Å². The van der Waals surface area contributed by atoms with E-state index in [1.807, 2.05) is 41.4 Å². The number of phenolic OH excluding ortho intramolecular Hbond substituents is 1. The number of carbonyl (C=O) groups excluding carboxylic acids is 2. The average molecular weight is 793 g/mol. The van der Waals surface area contributed by atoms with Crippen molar-refractivity contribution in [1.82, 2.24) is 30.4 Å². The number of nitrogen functional groups attached to an aromatic ring is 1. The maximum absolute atomic E-state index is 16.0. The molecule has 5 aliphatic rings. The summed E-state index contributed by atoms with van der Waals surface area (Å²) >= 11 is 0. The Balaban J connectivity index is 0.816. The smallest absolute Gasteiger partial charge is 0.267 e. The van der Waals surface area contributed by atoms with Crippen molar-refractivity contribution in [2.24, 2.45) is 0 Å². The molecule has 1 aliphatic carbocycles. The first-order valence-electron chi connectivity index (χ1n) is 20.6. The number of alkyl halides is 2. The van der Waals surface area contributed by atoms with Crippen LogP contribution in [-0.2, 0) is 9.59 Å². The number of imide groups is 1. The highest BCUT2D eigenvalue weighted by molar-refractivity contribution is 6.01. The molecule has 4 saturated heterocycles. The Bertz CT molecular complexity index is 2170. The summed E-state index contributed by atoms with van der Waals surface area (Å²) in [5.74, 6) is -2.96. The molecule has 4 atom stereocenters. The summed E-state index contributed by atoms with van der Waals surface area (Å²) in [5, 5.41) is 21.3. The molecule has 5 fully saturated rings. The van der Waals surface area contributed by atoms with E-state index in [4.69, 9.17) is 15.7 Å². The van der Waals surface area contributed by atoms with E-state index in [1.165, 1.54) is 0 Å². The summed E-state index contributed by atoms with van der Waals surface area (Å²) in [5.41, 5.74) is 10.6. The molecule has 2 aromatic carbocycles. The van der Waals surface area contributed by atoms with Crippen LogP contribution in [0.25, 0.3) is 11.3 Å². The van der Waals surface area contributed by atoms with Gasteiger partial charge in [-0.1, -0.05) is 24.3 Å². The molecular formula is C43H50F2N10O3. The van der Waals surface area contributed by atoms with Gasteiger partial charge in [-0.25, -0.2) is 18.7 Å². The third-order valence-corrected chi connectivity index (χ3v) is 13.3. The number of nitrogens with two attached hydrogens (primary N) is 1. The Kier molecular flexibility index (Phi) is 10.1. The number of halogens is 2. The van der Waals surface area contributed by atoms with Crippen molar-refractivity contribution >= 4 is 35.0 Å². The van der Waals surface area contributed by atoms with Crippen LogP contribution in [-0.4, -0.2) is 105 Å². The maximum Gasteiger partial charge on any atom is 0.267 e. The van der Waals surface area contributed by atoms with Gasteiger partial charge in [0.15, 0.2) is 5.82 Å². The Morgan fingerprint density at radius 2 is 1.66 bits per heavy atom. The summed E-state index contributed by atoms with van der Waals surface area (Å²) in [4.78, 5) is 42.5. The zero-order chi connectivity index (χ0) is 40.1. The van der Waals surface area contributed by atoms with Crippen LogP contribution in [0.5, 0.6) is 5.75 Å². The topological polar surface area (TPSA) is 157 Å². The van der Waals surface area contributed by atoms with Gasteiger partial charge in [0.25, 0.3) is 5.92 Å². The molecule has 6 heterocycles. The highest BCUT2D eigenvalue weighted by atomic mass is 19.3. The number of phenols is 1. The second-order valence-electron chi connectivity index (χ2n) is 16.7. The fourth-order valence-electron chi connectivity index (χ4n) is 10.2. The summed E-state index contributed by atoms with van der Waals surface area (Å²) in [6.45, 7) is 1.80. The van der Waals surface area contributed by atoms with Crippen molar-refractivity contribution in [1.29, 1.82) is 0 Å². The van der Waals surface area contributed by atoms with E-state index in [0.29, 0.717) is 47.7 Å². The second kappa shape index (κ2) is 15.4. The van der Waals surface area contributed by atoms with Gasteiger partial charge in [0.2, 0.25) is 17.8 Å². The third kappa shape index (κ3) is 7.29. The summed E-state index contributed by atoms with van der Waals surface area (Å²) < 4.78 is 32.0. The first kappa shape index (κ1) is 38.1. The number of likely N-dealkylation sites (tertiary alicyclic amines) is 1. The van der Waals surface area contributed by atoms with Gasteiger partial charge in [0.1, 0.15) is 11.8 Å². The number of nitrogens with zero attached hydrogens (tertiary/aromatic N) is 8. The molecule has 4 N–H and O–H groups in total. The second-order valence-corrected chi connectivity index (χ2v) is 16.7. The van der Waals surface area contributed by atoms with Crippen molar-refractivity contribution in [3.63, 3.8) is 0 Å². The number of rotatable bonds is 8. The molecule has 1 saturated carbocycles. The Hall–Kier alpha value is -5.44. The number of carbonyl (C=O) groups is 2. The number of hydrogen-bond donors (Lipinski definition) is 3. The summed E-state index contributed by atoms with van der Waals surface area (Å²) in [7, 11) is 1.78. The van der Waals surface area contributed by atoms with Crippen molar-refractivity contribution in [2.45, 2.75) is 99.7 Å². The molecule has 58 heavy (non-hydrogen) atoms. The number of amides is 2. The molecule has 0 spiro atoms. The van der Waals surface area contributed by atoms with E-state index in [2.05, 4.69) is 25.3 Å². The number of fused-ring (bicyclic) bond motifs is 2. The molecule has 4 aromatic rings. The van der Waals surface area contributed by atoms with Crippen molar-refractivity contribution in [3.05, 3.63) is 78.1 Å². The van der Waals surface area contributed by atoms with Gasteiger partial charge in [0.05, 0.1) is 23.8 Å². The van der Waals surface area contributed by atoms with Crippen LogP contribution in [0.1, 0.15) is 80.9 Å². The number of benzene rings is 2. The number of anilines is 4. The minimum absolute atomic E-state index is 0.0970. The maximum atomic E-state index is 16.0. The van der Waals surface area contributed by atoms with Gasteiger partial charge in [-0.2, -0.15) is 0 Å². The van der Waals surface area contributed by atoms with Crippen LogP contribution in [0.4, 0.5) is 31.9 Å². The van der Waals surface area contributed by atoms with Gasteiger partial charge in [0, 0.05) is 73.7 Å². The largest absolute Gasteiger partial charge is 0.507 e. The predicted molar refractivity (Wildman–Crippen MR) is 217 cm³/mol. The van der Waals surface area contributed by atoms with E-state index in [-0.39, 0.29) is 54.6 Å². The highest BCUT2D eigenvalue weighted by Gasteiger charge is 2.47. The average Bonchev–Trinajstić information content (AvgIpc) is 3.49. The van der Waals surface area contributed by atoms with Gasteiger partial charge >= 0.3 is 0 Å². The molecule has 304 valence electrons. The lowest BCUT2D eigenvalue weighted by atomic mass is 9.80. The fraction of sp³-hybridized carbons (Fsp3) is 0.488. The van der Waals surface area contributed by atoms with Crippen LogP contribution in [0.2, 0.25) is 0 Å². The molecule has 2 bridgehead atoms. The number of piperidine rings is 2. The molecule has 0 unspecified atom stereocenters. The molecule has 13 nitrogen and oxygen atoms in total. The fourth-order valence-corrected chi connectivity index (χ4v) is 10.2. The number of likely N-dealkylation sites (N-methyl/N-ethyl adjacent to an activating group) is 1. The number of nitrogens with one attached hydrogen (secondary N) is 1. The zero-order valence-electron chi connectivity index (χ0n) is 32.7. The molecule has 4 aliphatic heterocycles. The Morgan fingerprint density at radius 3 is 2.40 bits per heavy atom. The van der Waals surface area contributed by atoms with Gasteiger partial charge < -0.3 is 25.5 Å². The highest BCUT2D eigenvalue weighted by Crippen LogP contribution is 2.45. The number of para-hydroxylation sites is 1. The lowest BCUT2D eigenvalue weighted by Crippen LogP contribution is -2.54. The van der Waals surface area contributed by atoms with Crippen LogP contribution in [0, 0.1) is 0 Å². The van der Waals surface area contributed by atoms with Crippen LogP contribution >= 0.6 is 0 Å². The molecule has 2 aromatic heterocycles. The minimum atomic E-state index is -2.90. The minimum Gasteiger partial charge on any atom is -0.507 e. The number of hydrogen-bond acceptors (Lipinski definition) is 12. The standard InChI is InChI=1S/C43H50F2N10O3/c1-52(36-15-16-39(57)49-41(36)58)29-6-4-5-27(21-29)33-18-20-53(25-43(33,44)45)28-11-9-26(10-12-28)34-17-19-47-42(48-34)55-30-13-14-31(55)24-54(23-30)37-22-35(50-51-40(37)46)32-7-2-3-8-38(32)56/h2-8,17,19,21-22,26,28,30-31,33,36,56H,9-16,18,20,23-25H2,1H3,(H2,46,51)(H,49,57,58)/t26?,28?,30-,31+,33-,36-/m1/s1. The molecule has 2 amide bonds.